The minimum atomic E-state index is -0.199. The third-order valence-corrected chi connectivity index (χ3v) is 3.68. The van der Waals surface area contributed by atoms with Crippen LogP contribution in [0, 0.1) is 12.7 Å². The predicted octanol–water partition coefficient (Wildman–Crippen LogP) is 3.48. The fourth-order valence-electron chi connectivity index (χ4n) is 2.48. The average molecular weight is 303 g/mol. The van der Waals surface area contributed by atoms with Crippen molar-refractivity contribution in [3.05, 3.63) is 58.9 Å². The highest BCUT2D eigenvalue weighted by atomic mass is 19.1. The first-order valence-corrected chi connectivity index (χ1v) is 7.31. The summed E-state index contributed by atoms with van der Waals surface area (Å²) in [5, 5.41) is 3.39. The molecule has 0 radical (unpaired) electrons. The Morgan fingerprint density at radius 1 is 1.00 bits per heavy atom. The van der Waals surface area contributed by atoms with Crippen molar-refractivity contribution in [1.29, 1.82) is 0 Å². The summed E-state index contributed by atoms with van der Waals surface area (Å²) >= 11 is 0. The van der Waals surface area contributed by atoms with Crippen LogP contribution in [0.3, 0.4) is 0 Å². The van der Waals surface area contributed by atoms with Gasteiger partial charge in [0.05, 0.1) is 14.2 Å². The second-order valence-corrected chi connectivity index (χ2v) is 5.14. The molecule has 22 heavy (non-hydrogen) atoms. The van der Waals surface area contributed by atoms with Gasteiger partial charge >= 0.3 is 0 Å². The lowest BCUT2D eigenvalue weighted by molar-refractivity contribution is 0.384. The van der Waals surface area contributed by atoms with Gasteiger partial charge in [-0.05, 0) is 43.7 Å². The molecule has 2 aromatic rings. The zero-order chi connectivity index (χ0) is 15.9. The fourth-order valence-corrected chi connectivity index (χ4v) is 2.48. The first kappa shape index (κ1) is 16.3. The molecule has 0 aliphatic carbocycles. The summed E-state index contributed by atoms with van der Waals surface area (Å²) in [4.78, 5) is 0. The molecule has 0 unspecified atom stereocenters. The highest BCUT2D eigenvalue weighted by Gasteiger charge is 2.10. The molecule has 0 saturated carbocycles. The molecule has 0 spiro atoms. The van der Waals surface area contributed by atoms with Crippen LogP contribution in [0.1, 0.15) is 16.7 Å². The van der Waals surface area contributed by atoms with Crippen molar-refractivity contribution >= 4 is 0 Å². The highest BCUT2D eigenvalue weighted by Crippen LogP contribution is 2.31. The van der Waals surface area contributed by atoms with Gasteiger partial charge in [-0.25, -0.2) is 4.39 Å². The number of methoxy groups -OCH3 is 2. The standard InChI is InChI=1S/C18H22FNO2/c1-13-17(21-2)9-6-15(18(13)22-3)12-20-11-10-14-4-7-16(19)8-5-14/h4-9,20H,10-12H2,1-3H3. The van der Waals surface area contributed by atoms with Gasteiger partial charge in [0.1, 0.15) is 17.3 Å². The molecular weight excluding hydrogens is 281 g/mol. The van der Waals surface area contributed by atoms with Crippen LogP contribution in [0.15, 0.2) is 36.4 Å². The van der Waals surface area contributed by atoms with E-state index in [-0.39, 0.29) is 5.82 Å². The van der Waals surface area contributed by atoms with Gasteiger partial charge in [-0.3, -0.25) is 0 Å². The maximum Gasteiger partial charge on any atom is 0.129 e. The Bertz CT molecular complexity index is 611. The van der Waals surface area contributed by atoms with Crippen molar-refractivity contribution in [2.75, 3.05) is 20.8 Å². The number of ether oxygens (including phenoxy) is 2. The topological polar surface area (TPSA) is 30.5 Å². The van der Waals surface area contributed by atoms with E-state index < -0.39 is 0 Å². The third-order valence-electron chi connectivity index (χ3n) is 3.68. The molecule has 118 valence electrons. The maximum atomic E-state index is 12.8. The molecule has 0 amide bonds. The highest BCUT2D eigenvalue weighted by molar-refractivity contribution is 5.49. The number of hydrogen-bond acceptors (Lipinski definition) is 3. The van der Waals surface area contributed by atoms with E-state index in [0.29, 0.717) is 0 Å². The van der Waals surface area contributed by atoms with Gasteiger partial charge in [0.15, 0.2) is 0 Å². The van der Waals surface area contributed by atoms with Crippen molar-refractivity contribution in [3.8, 4) is 11.5 Å². The second-order valence-electron chi connectivity index (χ2n) is 5.14. The second kappa shape index (κ2) is 7.80. The first-order chi connectivity index (χ1) is 10.7. The van der Waals surface area contributed by atoms with E-state index in [2.05, 4.69) is 5.32 Å². The molecule has 0 heterocycles. The molecule has 1 N–H and O–H groups in total. The molecule has 0 atom stereocenters. The minimum absolute atomic E-state index is 0.199. The molecular formula is C18H22FNO2. The Hall–Kier alpha value is -2.07. The van der Waals surface area contributed by atoms with E-state index in [0.717, 1.165) is 47.7 Å². The molecule has 2 aromatic carbocycles. The van der Waals surface area contributed by atoms with Gasteiger partial charge in [0, 0.05) is 17.7 Å². The Balaban J connectivity index is 1.91. The van der Waals surface area contributed by atoms with Gasteiger partial charge in [-0.15, -0.1) is 0 Å². The summed E-state index contributed by atoms with van der Waals surface area (Å²) in [6, 6.07) is 10.6. The van der Waals surface area contributed by atoms with Crippen molar-refractivity contribution < 1.29 is 13.9 Å². The smallest absolute Gasteiger partial charge is 0.129 e. The summed E-state index contributed by atoms with van der Waals surface area (Å²) in [6.45, 7) is 3.52. The van der Waals surface area contributed by atoms with Crippen LogP contribution in [0.4, 0.5) is 4.39 Å². The maximum absolute atomic E-state index is 12.8. The predicted molar refractivity (Wildman–Crippen MR) is 86.1 cm³/mol. The van der Waals surface area contributed by atoms with Crippen molar-refractivity contribution in [2.45, 2.75) is 19.9 Å². The molecule has 0 aliphatic rings. The fraction of sp³-hybridized carbons (Fsp3) is 0.333. The van der Waals surface area contributed by atoms with Crippen LogP contribution in [-0.4, -0.2) is 20.8 Å². The third kappa shape index (κ3) is 3.98. The number of benzene rings is 2. The summed E-state index contributed by atoms with van der Waals surface area (Å²) in [6.07, 6.45) is 0.859. The molecule has 0 aliphatic heterocycles. The van der Waals surface area contributed by atoms with E-state index in [4.69, 9.17) is 9.47 Å². The monoisotopic (exact) mass is 303 g/mol. The molecule has 4 heteroatoms. The van der Waals surface area contributed by atoms with E-state index in [9.17, 15) is 4.39 Å². The molecule has 0 saturated heterocycles. The first-order valence-electron chi connectivity index (χ1n) is 7.31. The van der Waals surface area contributed by atoms with E-state index >= 15 is 0 Å². The Morgan fingerprint density at radius 2 is 1.73 bits per heavy atom. The molecule has 3 nitrogen and oxygen atoms in total. The van der Waals surface area contributed by atoms with E-state index in [1.54, 1.807) is 14.2 Å². The molecule has 0 bridgehead atoms. The lowest BCUT2D eigenvalue weighted by Gasteiger charge is -2.15. The summed E-state index contributed by atoms with van der Waals surface area (Å²) in [7, 11) is 3.33. The summed E-state index contributed by atoms with van der Waals surface area (Å²) in [5.74, 6) is 1.48. The van der Waals surface area contributed by atoms with Crippen molar-refractivity contribution in [1.82, 2.24) is 5.32 Å². The van der Waals surface area contributed by atoms with Gasteiger partial charge in [-0.2, -0.15) is 0 Å². The molecule has 0 fully saturated rings. The Labute approximate surface area is 131 Å². The molecule has 2 rings (SSSR count). The van der Waals surface area contributed by atoms with Gasteiger partial charge < -0.3 is 14.8 Å². The Kier molecular flexibility index (Phi) is 5.78. The van der Waals surface area contributed by atoms with Crippen LogP contribution >= 0.6 is 0 Å². The Morgan fingerprint density at radius 3 is 2.36 bits per heavy atom. The van der Waals surface area contributed by atoms with Gasteiger partial charge in [-0.1, -0.05) is 18.2 Å². The average Bonchev–Trinajstić information content (AvgIpc) is 2.53. The van der Waals surface area contributed by atoms with Crippen molar-refractivity contribution in [3.63, 3.8) is 0 Å². The van der Waals surface area contributed by atoms with Crippen molar-refractivity contribution in [2.24, 2.45) is 0 Å². The zero-order valence-electron chi connectivity index (χ0n) is 13.3. The lowest BCUT2D eigenvalue weighted by atomic mass is 10.1. The normalized spacial score (nSPS) is 10.5. The van der Waals surface area contributed by atoms with Crippen LogP contribution in [-0.2, 0) is 13.0 Å². The number of nitrogens with one attached hydrogen (secondary N) is 1. The minimum Gasteiger partial charge on any atom is -0.496 e. The molecule has 0 aromatic heterocycles. The lowest BCUT2D eigenvalue weighted by Crippen LogP contribution is -2.17. The zero-order valence-corrected chi connectivity index (χ0v) is 13.3. The number of halogens is 1. The summed E-state index contributed by atoms with van der Waals surface area (Å²) in [5.41, 5.74) is 3.22. The number of rotatable bonds is 7. The largest absolute Gasteiger partial charge is 0.496 e. The SMILES string of the molecule is COc1ccc(CNCCc2ccc(F)cc2)c(OC)c1C. The van der Waals surface area contributed by atoms with Gasteiger partial charge in [0.2, 0.25) is 0 Å². The van der Waals surface area contributed by atoms with Crippen LogP contribution in [0.25, 0.3) is 0 Å². The van der Waals surface area contributed by atoms with Gasteiger partial charge in [0.25, 0.3) is 0 Å². The van der Waals surface area contributed by atoms with E-state index in [1.165, 1.54) is 12.1 Å². The van der Waals surface area contributed by atoms with E-state index in [1.807, 2.05) is 31.2 Å². The summed E-state index contributed by atoms with van der Waals surface area (Å²) < 4.78 is 23.6. The van der Waals surface area contributed by atoms with Crippen LogP contribution in [0.5, 0.6) is 11.5 Å². The van der Waals surface area contributed by atoms with Crippen LogP contribution in [0.2, 0.25) is 0 Å². The quantitative estimate of drug-likeness (QED) is 0.794. The number of hydrogen-bond donors (Lipinski definition) is 1. The van der Waals surface area contributed by atoms with Crippen LogP contribution < -0.4 is 14.8 Å².